The van der Waals surface area contributed by atoms with Crippen LogP contribution in [0.15, 0.2) is 24.4 Å². The van der Waals surface area contributed by atoms with Gasteiger partial charge in [0.1, 0.15) is 5.82 Å². The molecule has 84 valence electrons. The van der Waals surface area contributed by atoms with Crippen LogP contribution in [-0.4, -0.2) is 24.6 Å². The number of aromatic nitrogens is 1. The molecule has 0 bridgehead atoms. The molecule has 1 aromatic heterocycles. The highest BCUT2D eigenvalue weighted by molar-refractivity contribution is 5.85. The van der Waals surface area contributed by atoms with Crippen molar-refractivity contribution in [2.24, 2.45) is 5.92 Å². The number of hydrogen-bond donors (Lipinski definition) is 2. The van der Waals surface area contributed by atoms with Gasteiger partial charge in [0.15, 0.2) is 0 Å². The minimum atomic E-state index is 0. The van der Waals surface area contributed by atoms with Gasteiger partial charge in [-0.25, -0.2) is 4.98 Å². The lowest BCUT2D eigenvalue weighted by Crippen LogP contribution is -2.31. The van der Waals surface area contributed by atoms with Crippen molar-refractivity contribution in [1.29, 1.82) is 0 Å². The van der Waals surface area contributed by atoms with Crippen LogP contribution in [0.4, 0.5) is 5.82 Å². The van der Waals surface area contributed by atoms with E-state index in [-0.39, 0.29) is 12.4 Å². The summed E-state index contributed by atoms with van der Waals surface area (Å²) in [5.74, 6) is 1.80. The van der Waals surface area contributed by atoms with E-state index in [1.54, 1.807) is 0 Å². The minimum absolute atomic E-state index is 0. The summed E-state index contributed by atoms with van der Waals surface area (Å²) < 4.78 is 0. The van der Waals surface area contributed by atoms with Gasteiger partial charge in [-0.3, -0.25) is 0 Å². The standard InChI is InChI=1S/C11H17N3.ClH/c1-2-6-13-11(3-1)14-9-10-4-7-12-8-5-10;/h1-3,6,10,12H,4-5,7-9H2,(H,13,14);1H. The van der Waals surface area contributed by atoms with Gasteiger partial charge in [-0.05, 0) is 44.0 Å². The van der Waals surface area contributed by atoms with Crippen molar-refractivity contribution in [1.82, 2.24) is 10.3 Å². The first-order valence-corrected chi connectivity index (χ1v) is 5.31. The molecule has 0 aromatic carbocycles. The summed E-state index contributed by atoms with van der Waals surface area (Å²) in [7, 11) is 0. The van der Waals surface area contributed by atoms with Gasteiger partial charge in [-0.1, -0.05) is 6.07 Å². The lowest BCUT2D eigenvalue weighted by molar-refractivity contribution is 0.389. The number of nitrogens with one attached hydrogen (secondary N) is 2. The van der Waals surface area contributed by atoms with Gasteiger partial charge in [-0.2, -0.15) is 0 Å². The molecule has 1 aliphatic heterocycles. The van der Waals surface area contributed by atoms with Crippen LogP contribution in [0.5, 0.6) is 0 Å². The predicted molar refractivity (Wildman–Crippen MR) is 65.6 cm³/mol. The Bertz CT molecular complexity index is 260. The van der Waals surface area contributed by atoms with Gasteiger partial charge < -0.3 is 10.6 Å². The first-order valence-electron chi connectivity index (χ1n) is 5.31. The van der Waals surface area contributed by atoms with Gasteiger partial charge in [0.05, 0.1) is 0 Å². The van der Waals surface area contributed by atoms with Gasteiger partial charge >= 0.3 is 0 Å². The Labute approximate surface area is 97.1 Å². The highest BCUT2D eigenvalue weighted by Gasteiger charge is 2.12. The summed E-state index contributed by atoms with van der Waals surface area (Å²) in [5.41, 5.74) is 0. The number of piperidine rings is 1. The van der Waals surface area contributed by atoms with Crippen LogP contribution in [-0.2, 0) is 0 Å². The van der Waals surface area contributed by atoms with Crippen molar-refractivity contribution < 1.29 is 0 Å². The van der Waals surface area contributed by atoms with Crippen molar-refractivity contribution >= 4 is 18.2 Å². The number of nitrogens with zero attached hydrogens (tertiary/aromatic N) is 1. The van der Waals surface area contributed by atoms with Crippen molar-refractivity contribution in [3.05, 3.63) is 24.4 Å². The zero-order valence-electron chi connectivity index (χ0n) is 8.78. The average molecular weight is 228 g/mol. The summed E-state index contributed by atoms with van der Waals surface area (Å²) in [6.45, 7) is 3.38. The molecule has 2 heterocycles. The van der Waals surface area contributed by atoms with Crippen molar-refractivity contribution in [3.8, 4) is 0 Å². The molecule has 1 fully saturated rings. The maximum Gasteiger partial charge on any atom is 0.125 e. The molecule has 3 nitrogen and oxygen atoms in total. The van der Waals surface area contributed by atoms with Crippen LogP contribution in [0.25, 0.3) is 0 Å². The molecule has 1 aromatic rings. The molecular weight excluding hydrogens is 210 g/mol. The van der Waals surface area contributed by atoms with Crippen LogP contribution in [0.3, 0.4) is 0 Å². The monoisotopic (exact) mass is 227 g/mol. The van der Waals surface area contributed by atoms with Gasteiger partial charge in [0.25, 0.3) is 0 Å². The maximum absolute atomic E-state index is 4.24. The normalized spacial score (nSPS) is 16.8. The smallest absolute Gasteiger partial charge is 0.125 e. The predicted octanol–water partition coefficient (Wildman–Crippen LogP) is 1.91. The topological polar surface area (TPSA) is 37.0 Å². The first kappa shape index (κ1) is 12.3. The Kier molecular flexibility index (Phi) is 5.43. The maximum atomic E-state index is 4.24. The Morgan fingerprint density at radius 3 is 2.80 bits per heavy atom. The van der Waals surface area contributed by atoms with E-state index in [0.29, 0.717) is 0 Å². The Hall–Kier alpha value is -0.800. The summed E-state index contributed by atoms with van der Waals surface area (Å²) in [6.07, 6.45) is 4.38. The quantitative estimate of drug-likeness (QED) is 0.829. The second-order valence-corrected chi connectivity index (χ2v) is 3.79. The Morgan fingerprint density at radius 1 is 1.33 bits per heavy atom. The van der Waals surface area contributed by atoms with E-state index in [9.17, 15) is 0 Å². The third kappa shape index (κ3) is 4.06. The van der Waals surface area contributed by atoms with Crippen LogP contribution < -0.4 is 10.6 Å². The molecule has 0 saturated carbocycles. The molecular formula is C11H18ClN3. The molecule has 1 saturated heterocycles. The fourth-order valence-electron chi connectivity index (χ4n) is 1.80. The minimum Gasteiger partial charge on any atom is -0.370 e. The summed E-state index contributed by atoms with van der Waals surface area (Å²) in [6, 6.07) is 5.97. The average Bonchev–Trinajstić information content (AvgIpc) is 2.29. The molecule has 0 radical (unpaired) electrons. The SMILES string of the molecule is Cl.c1ccc(NCC2CCNCC2)nc1. The van der Waals surface area contributed by atoms with Crippen LogP contribution in [0, 0.1) is 5.92 Å². The van der Waals surface area contributed by atoms with E-state index >= 15 is 0 Å². The van der Waals surface area contributed by atoms with E-state index < -0.39 is 0 Å². The summed E-state index contributed by atoms with van der Waals surface area (Å²) in [5, 5.41) is 6.74. The third-order valence-electron chi connectivity index (χ3n) is 2.70. The number of pyridine rings is 1. The van der Waals surface area contributed by atoms with Crippen LogP contribution in [0.2, 0.25) is 0 Å². The number of rotatable bonds is 3. The van der Waals surface area contributed by atoms with Crippen LogP contribution in [0.1, 0.15) is 12.8 Å². The second kappa shape index (κ2) is 6.64. The number of anilines is 1. The Balaban J connectivity index is 0.00000112. The largest absolute Gasteiger partial charge is 0.370 e. The molecule has 0 aliphatic carbocycles. The molecule has 1 aliphatic rings. The number of halogens is 1. The van der Waals surface area contributed by atoms with Crippen molar-refractivity contribution in [2.45, 2.75) is 12.8 Å². The molecule has 2 rings (SSSR count). The molecule has 15 heavy (non-hydrogen) atoms. The van der Waals surface area contributed by atoms with Gasteiger partial charge in [0, 0.05) is 12.7 Å². The fourth-order valence-corrected chi connectivity index (χ4v) is 1.80. The highest BCUT2D eigenvalue weighted by atomic mass is 35.5. The third-order valence-corrected chi connectivity index (χ3v) is 2.70. The highest BCUT2D eigenvalue weighted by Crippen LogP contribution is 2.12. The molecule has 0 atom stereocenters. The van der Waals surface area contributed by atoms with E-state index in [4.69, 9.17) is 0 Å². The summed E-state index contributed by atoms with van der Waals surface area (Å²) >= 11 is 0. The molecule has 0 amide bonds. The number of hydrogen-bond acceptors (Lipinski definition) is 3. The van der Waals surface area contributed by atoms with E-state index in [0.717, 1.165) is 31.4 Å². The van der Waals surface area contributed by atoms with Crippen molar-refractivity contribution in [2.75, 3.05) is 25.0 Å². The van der Waals surface area contributed by atoms with Gasteiger partial charge in [0.2, 0.25) is 0 Å². The molecule has 0 spiro atoms. The lowest BCUT2D eigenvalue weighted by Gasteiger charge is -2.22. The second-order valence-electron chi connectivity index (χ2n) is 3.79. The first-order chi connectivity index (χ1) is 6.95. The fraction of sp³-hybridized carbons (Fsp3) is 0.545. The van der Waals surface area contributed by atoms with Crippen molar-refractivity contribution in [3.63, 3.8) is 0 Å². The zero-order valence-corrected chi connectivity index (χ0v) is 9.59. The van der Waals surface area contributed by atoms with E-state index in [2.05, 4.69) is 15.6 Å². The van der Waals surface area contributed by atoms with E-state index in [1.807, 2.05) is 24.4 Å². The van der Waals surface area contributed by atoms with E-state index in [1.165, 1.54) is 12.8 Å². The molecule has 0 unspecified atom stereocenters. The summed E-state index contributed by atoms with van der Waals surface area (Å²) in [4.78, 5) is 4.24. The van der Waals surface area contributed by atoms with Crippen LogP contribution >= 0.6 is 12.4 Å². The zero-order chi connectivity index (χ0) is 9.64. The lowest BCUT2D eigenvalue weighted by atomic mass is 9.98. The molecule has 2 N–H and O–H groups in total. The Morgan fingerprint density at radius 2 is 2.13 bits per heavy atom. The molecule has 4 heteroatoms. The van der Waals surface area contributed by atoms with Gasteiger partial charge in [-0.15, -0.1) is 12.4 Å².